The second-order valence-corrected chi connectivity index (χ2v) is 4.13. The number of hydrogen-bond donors (Lipinski definition) is 2. The Morgan fingerprint density at radius 1 is 1.42 bits per heavy atom. The number of carboxylic acids is 1. The quantitative estimate of drug-likeness (QED) is 0.771. The molecule has 0 unspecified atom stereocenters. The lowest BCUT2D eigenvalue weighted by Crippen LogP contribution is -2.34. The Balaban J connectivity index is 2.07. The van der Waals surface area contributed by atoms with E-state index in [0.717, 1.165) is 10.5 Å². The van der Waals surface area contributed by atoms with Crippen molar-refractivity contribution in [2.45, 2.75) is 6.42 Å². The molecule has 0 aliphatic carbocycles. The van der Waals surface area contributed by atoms with E-state index >= 15 is 0 Å². The summed E-state index contributed by atoms with van der Waals surface area (Å²) in [6.45, 7) is 0.277. The summed E-state index contributed by atoms with van der Waals surface area (Å²) in [4.78, 5) is 36.3. The van der Waals surface area contributed by atoms with Gasteiger partial charge in [-0.3, -0.25) is 9.78 Å². The average molecular weight is 264 g/mol. The summed E-state index contributed by atoms with van der Waals surface area (Å²) in [5.74, 6) is -2.94. The number of benzene rings is 1. The highest BCUT2D eigenvalue weighted by Crippen LogP contribution is 2.12. The molecule has 1 aromatic heterocycles. The maximum Gasteiger partial charge on any atom is 0.417 e. The number of hydrogen-bond acceptors (Lipinski definition) is 4. The van der Waals surface area contributed by atoms with Crippen molar-refractivity contribution in [2.24, 2.45) is 0 Å². The van der Waals surface area contributed by atoms with Gasteiger partial charge in [0.05, 0.1) is 5.52 Å². The molecule has 0 bridgehead atoms. The van der Waals surface area contributed by atoms with Gasteiger partial charge in [-0.05, 0) is 24.1 Å². The molecule has 7 nitrogen and oxygen atoms in total. The zero-order valence-electron chi connectivity index (χ0n) is 10.2. The number of likely N-dealkylation sites (N-methyl/N-ethyl adjacent to an activating group) is 1. The number of H-pyrrole nitrogens is 1. The van der Waals surface area contributed by atoms with E-state index in [1.807, 2.05) is 0 Å². The molecule has 1 aromatic carbocycles. The first kappa shape index (κ1) is 12.9. The number of aromatic nitrogens is 1. The number of carboxylic acid groups (broad SMARTS) is 1. The molecular formula is C12H12N2O5. The number of aliphatic carboxylic acids is 1. The van der Waals surface area contributed by atoms with E-state index in [2.05, 4.69) is 4.98 Å². The average Bonchev–Trinajstić information content (AvgIpc) is 2.74. The van der Waals surface area contributed by atoms with Crippen LogP contribution in [0.2, 0.25) is 0 Å². The van der Waals surface area contributed by atoms with E-state index in [0.29, 0.717) is 17.5 Å². The van der Waals surface area contributed by atoms with Crippen molar-refractivity contribution in [3.05, 3.63) is 34.3 Å². The van der Waals surface area contributed by atoms with Crippen molar-refractivity contribution in [3.63, 3.8) is 0 Å². The largest absolute Gasteiger partial charge is 0.474 e. The zero-order chi connectivity index (χ0) is 14.0. The summed E-state index contributed by atoms with van der Waals surface area (Å²) < 4.78 is 4.86. The van der Waals surface area contributed by atoms with Gasteiger partial charge >= 0.3 is 17.6 Å². The molecule has 2 aromatic rings. The second kappa shape index (κ2) is 4.97. The fourth-order valence-electron chi connectivity index (χ4n) is 1.72. The van der Waals surface area contributed by atoms with Gasteiger partial charge in [-0.1, -0.05) is 6.07 Å². The minimum absolute atomic E-state index is 0.277. The number of carbonyl (C=O) groups excluding carboxylic acids is 1. The topological polar surface area (TPSA) is 104 Å². The molecule has 0 saturated heterocycles. The lowest BCUT2D eigenvalue weighted by Gasteiger charge is -2.14. The number of rotatable bonds is 3. The van der Waals surface area contributed by atoms with E-state index in [9.17, 15) is 14.4 Å². The Labute approximate surface area is 107 Å². The zero-order valence-corrected chi connectivity index (χ0v) is 10.2. The van der Waals surface area contributed by atoms with Crippen LogP contribution in [0.5, 0.6) is 0 Å². The van der Waals surface area contributed by atoms with E-state index < -0.39 is 17.6 Å². The first-order valence-corrected chi connectivity index (χ1v) is 5.57. The molecule has 2 N–H and O–H groups in total. The van der Waals surface area contributed by atoms with Crippen molar-refractivity contribution >= 4 is 23.0 Å². The molecule has 1 amide bonds. The predicted octanol–water partition coefficient (Wildman–Crippen LogP) is 0.207. The van der Waals surface area contributed by atoms with Crippen LogP contribution in [0.1, 0.15) is 5.56 Å². The fraction of sp³-hybridized carbons (Fsp3) is 0.250. The SMILES string of the molecule is CN(CCc1ccc2oc(=O)[nH]c2c1)C(=O)C(=O)O. The number of nitrogens with zero attached hydrogens (tertiary/aromatic N) is 1. The molecule has 2 rings (SSSR count). The maximum absolute atomic E-state index is 11.1. The first-order valence-electron chi connectivity index (χ1n) is 5.57. The molecular weight excluding hydrogens is 252 g/mol. The second-order valence-electron chi connectivity index (χ2n) is 4.13. The molecule has 19 heavy (non-hydrogen) atoms. The molecule has 0 radical (unpaired) electrons. The molecule has 7 heteroatoms. The van der Waals surface area contributed by atoms with E-state index in [4.69, 9.17) is 9.52 Å². The molecule has 0 fully saturated rings. The summed E-state index contributed by atoms with van der Waals surface area (Å²) in [6, 6.07) is 5.15. The van der Waals surface area contributed by atoms with Crippen LogP contribution >= 0.6 is 0 Å². The van der Waals surface area contributed by atoms with Crippen LogP contribution in [-0.2, 0) is 16.0 Å². The highest BCUT2D eigenvalue weighted by molar-refractivity contribution is 6.31. The van der Waals surface area contributed by atoms with Crippen molar-refractivity contribution in [1.82, 2.24) is 9.88 Å². The minimum Gasteiger partial charge on any atom is -0.474 e. The third-order valence-electron chi connectivity index (χ3n) is 2.75. The first-order chi connectivity index (χ1) is 8.97. The summed E-state index contributed by atoms with van der Waals surface area (Å²) >= 11 is 0. The van der Waals surface area contributed by atoms with Crippen LogP contribution in [0.15, 0.2) is 27.4 Å². The molecule has 1 heterocycles. The number of nitrogens with one attached hydrogen (secondary N) is 1. The molecule has 0 saturated carbocycles. The molecule has 100 valence electrons. The van der Waals surface area contributed by atoms with Gasteiger partial charge in [0.15, 0.2) is 5.58 Å². The Hall–Kier alpha value is -2.57. The van der Waals surface area contributed by atoms with Gasteiger partial charge in [0.25, 0.3) is 0 Å². The lowest BCUT2D eigenvalue weighted by molar-refractivity contribution is -0.155. The van der Waals surface area contributed by atoms with E-state index in [1.165, 1.54) is 7.05 Å². The predicted molar refractivity (Wildman–Crippen MR) is 65.8 cm³/mol. The normalized spacial score (nSPS) is 10.6. The van der Waals surface area contributed by atoms with Crippen LogP contribution in [-0.4, -0.2) is 40.5 Å². The van der Waals surface area contributed by atoms with Gasteiger partial charge in [0.1, 0.15) is 0 Å². The Kier molecular flexibility index (Phi) is 3.37. The third kappa shape index (κ3) is 2.82. The monoisotopic (exact) mass is 264 g/mol. The van der Waals surface area contributed by atoms with Crippen molar-refractivity contribution in [2.75, 3.05) is 13.6 Å². The summed E-state index contributed by atoms with van der Waals surface area (Å²) in [5.41, 5.74) is 1.91. The summed E-state index contributed by atoms with van der Waals surface area (Å²) in [5, 5.41) is 8.55. The van der Waals surface area contributed by atoms with Crippen LogP contribution in [0, 0.1) is 0 Å². The number of oxazole rings is 1. The maximum atomic E-state index is 11.1. The molecule has 0 spiro atoms. The number of carbonyl (C=O) groups is 2. The van der Waals surface area contributed by atoms with Crippen molar-refractivity contribution in [3.8, 4) is 0 Å². The number of amides is 1. The smallest absolute Gasteiger partial charge is 0.417 e. The minimum atomic E-state index is -1.47. The van der Waals surface area contributed by atoms with Crippen molar-refractivity contribution in [1.29, 1.82) is 0 Å². The lowest BCUT2D eigenvalue weighted by atomic mass is 10.1. The fourth-order valence-corrected chi connectivity index (χ4v) is 1.72. The molecule has 0 aliphatic heterocycles. The number of aromatic amines is 1. The van der Waals surface area contributed by atoms with Gasteiger partial charge in [-0.25, -0.2) is 9.59 Å². The Morgan fingerprint density at radius 2 is 2.16 bits per heavy atom. The van der Waals surface area contributed by atoms with Gasteiger partial charge in [-0.2, -0.15) is 0 Å². The van der Waals surface area contributed by atoms with Crippen molar-refractivity contribution < 1.29 is 19.1 Å². The van der Waals surface area contributed by atoms with E-state index in [1.54, 1.807) is 18.2 Å². The summed E-state index contributed by atoms with van der Waals surface area (Å²) in [7, 11) is 1.43. The highest BCUT2D eigenvalue weighted by Gasteiger charge is 2.16. The van der Waals surface area contributed by atoms with Crippen LogP contribution in [0.4, 0.5) is 0 Å². The van der Waals surface area contributed by atoms with E-state index in [-0.39, 0.29) is 6.54 Å². The Bertz CT molecular complexity index is 685. The standard InChI is InChI=1S/C12H12N2O5/c1-14(10(15)11(16)17)5-4-7-2-3-9-8(6-7)13-12(18)19-9/h2-3,6H,4-5H2,1H3,(H,13,18)(H,16,17). The van der Waals surface area contributed by atoms with Crippen LogP contribution in [0.3, 0.4) is 0 Å². The molecule has 0 aliphatic rings. The summed E-state index contributed by atoms with van der Waals surface area (Å²) in [6.07, 6.45) is 0.485. The highest BCUT2D eigenvalue weighted by atomic mass is 16.4. The van der Waals surface area contributed by atoms with Crippen LogP contribution in [0.25, 0.3) is 11.1 Å². The van der Waals surface area contributed by atoms with Crippen LogP contribution < -0.4 is 5.76 Å². The van der Waals surface area contributed by atoms with Gasteiger partial charge in [0, 0.05) is 13.6 Å². The van der Waals surface area contributed by atoms with Gasteiger partial charge in [0.2, 0.25) is 0 Å². The number of fused-ring (bicyclic) bond motifs is 1. The third-order valence-corrected chi connectivity index (χ3v) is 2.75. The van der Waals surface area contributed by atoms with Gasteiger partial charge in [-0.15, -0.1) is 0 Å². The molecule has 0 atom stereocenters. The van der Waals surface area contributed by atoms with Gasteiger partial charge < -0.3 is 14.4 Å². The Morgan fingerprint density at radius 3 is 2.84 bits per heavy atom.